The Morgan fingerprint density at radius 2 is 2.14 bits per heavy atom. The Labute approximate surface area is 87.3 Å². The molecule has 0 radical (unpaired) electrons. The monoisotopic (exact) mass is 189 g/mol. The molecule has 76 valence electrons. The summed E-state index contributed by atoms with van der Waals surface area (Å²) in [5, 5.41) is 0. The molecule has 1 nitrogen and oxygen atoms in total. The Hall–Kier alpha value is -1.37. The zero-order chi connectivity index (χ0) is 10.8. The molecule has 0 aromatic carbocycles. The molecule has 0 spiro atoms. The Morgan fingerprint density at radius 1 is 1.43 bits per heavy atom. The van der Waals surface area contributed by atoms with E-state index >= 15 is 0 Å². The van der Waals surface area contributed by atoms with Gasteiger partial charge in [0.15, 0.2) is 0 Å². The van der Waals surface area contributed by atoms with Crippen molar-refractivity contribution in [1.29, 1.82) is 0 Å². The van der Waals surface area contributed by atoms with E-state index in [4.69, 9.17) is 0 Å². The van der Waals surface area contributed by atoms with Crippen molar-refractivity contribution in [3.05, 3.63) is 49.7 Å². The van der Waals surface area contributed by atoms with E-state index in [0.29, 0.717) is 5.92 Å². The lowest BCUT2D eigenvalue weighted by Gasteiger charge is -1.97. The van der Waals surface area contributed by atoms with Crippen LogP contribution in [0.15, 0.2) is 54.7 Å². The highest BCUT2D eigenvalue weighted by molar-refractivity contribution is 6.03. The minimum atomic E-state index is 0.510. The van der Waals surface area contributed by atoms with Crippen molar-refractivity contribution >= 4 is 5.71 Å². The lowest BCUT2D eigenvalue weighted by Crippen LogP contribution is -1.85. The van der Waals surface area contributed by atoms with Crippen LogP contribution >= 0.6 is 0 Å². The summed E-state index contributed by atoms with van der Waals surface area (Å²) in [4.78, 5) is 4.24. The topological polar surface area (TPSA) is 12.4 Å². The first-order chi connectivity index (χ1) is 6.74. The predicted molar refractivity (Wildman–Crippen MR) is 65.6 cm³/mol. The van der Waals surface area contributed by atoms with Gasteiger partial charge < -0.3 is 0 Å². The van der Waals surface area contributed by atoms with E-state index in [2.05, 4.69) is 25.1 Å². The molecule has 0 aromatic heterocycles. The summed E-state index contributed by atoms with van der Waals surface area (Å²) in [6.07, 6.45) is 12.4. The Balaban J connectivity index is 4.10. The third kappa shape index (κ3) is 6.18. The highest BCUT2D eigenvalue weighted by Crippen LogP contribution is 2.02. The fourth-order valence-corrected chi connectivity index (χ4v) is 0.845. The summed E-state index contributed by atoms with van der Waals surface area (Å²) in [6, 6.07) is 0. The first-order valence-corrected chi connectivity index (χ1v) is 4.85. The molecule has 0 aliphatic carbocycles. The van der Waals surface area contributed by atoms with Crippen LogP contribution in [0.5, 0.6) is 0 Å². The number of hydrogen-bond acceptors (Lipinski definition) is 1. The highest BCUT2D eigenvalue weighted by atomic mass is 14.7. The molecule has 0 aliphatic rings. The molecule has 1 unspecified atom stereocenters. The average Bonchev–Trinajstić information content (AvgIpc) is 2.22. The van der Waals surface area contributed by atoms with Gasteiger partial charge in [-0.1, -0.05) is 31.7 Å². The van der Waals surface area contributed by atoms with Gasteiger partial charge in [-0.2, -0.15) is 0 Å². The van der Waals surface area contributed by atoms with Crippen molar-refractivity contribution < 1.29 is 0 Å². The molecule has 1 heteroatoms. The normalized spacial score (nSPS) is 14.9. The molecule has 0 bridgehead atoms. The molecule has 0 amide bonds. The standard InChI is InChI=1S/C13H19N/c1-5-9-13(7-3)14-11-8-10-12(4)6-2/h5-9,11-12H,2-3,10H2,1,4H3. The van der Waals surface area contributed by atoms with E-state index in [1.165, 1.54) is 0 Å². The van der Waals surface area contributed by atoms with E-state index in [9.17, 15) is 0 Å². The molecule has 1 atom stereocenters. The lowest BCUT2D eigenvalue weighted by molar-refractivity contribution is 0.745. The van der Waals surface area contributed by atoms with Crippen molar-refractivity contribution in [3.8, 4) is 0 Å². The Bertz CT molecular complexity index is 256. The van der Waals surface area contributed by atoms with Gasteiger partial charge in [0.1, 0.15) is 0 Å². The average molecular weight is 189 g/mol. The number of nitrogens with zero attached hydrogens (tertiary/aromatic N) is 1. The maximum atomic E-state index is 4.24. The molecular formula is C13H19N. The second kappa shape index (κ2) is 8.24. The number of aliphatic imine (C=N–C) groups is 1. The molecule has 0 rings (SSSR count). The van der Waals surface area contributed by atoms with Crippen LogP contribution in [0.2, 0.25) is 0 Å². The third-order valence-electron chi connectivity index (χ3n) is 1.79. The summed E-state index contributed by atoms with van der Waals surface area (Å²) < 4.78 is 0. The van der Waals surface area contributed by atoms with Crippen molar-refractivity contribution in [1.82, 2.24) is 0 Å². The summed E-state index contributed by atoms with van der Waals surface area (Å²) >= 11 is 0. The zero-order valence-electron chi connectivity index (χ0n) is 9.11. The van der Waals surface area contributed by atoms with Crippen LogP contribution in [0.25, 0.3) is 0 Å². The van der Waals surface area contributed by atoms with Gasteiger partial charge in [-0.3, -0.25) is 4.99 Å². The Morgan fingerprint density at radius 3 is 2.64 bits per heavy atom. The molecule has 0 aliphatic heterocycles. The molecule has 0 fully saturated rings. The van der Waals surface area contributed by atoms with Crippen molar-refractivity contribution in [3.63, 3.8) is 0 Å². The minimum Gasteiger partial charge on any atom is -0.257 e. The maximum absolute atomic E-state index is 4.24. The summed E-state index contributed by atoms with van der Waals surface area (Å²) in [7, 11) is 0. The fourth-order valence-electron chi connectivity index (χ4n) is 0.845. The van der Waals surface area contributed by atoms with Crippen LogP contribution < -0.4 is 0 Å². The first-order valence-electron chi connectivity index (χ1n) is 4.85. The van der Waals surface area contributed by atoms with Crippen LogP contribution in [-0.2, 0) is 0 Å². The second-order valence-corrected chi connectivity index (χ2v) is 3.09. The van der Waals surface area contributed by atoms with Gasteiger partial charge in [0, 0.05) is 6.20 Å². The summed E-state index contributed by atoms with van der Waals surface area (Å²) in [5.41, 5.74) is 0.884. The molecule has 0 heterocycles. The minimum absolute atomic E-state index is 0.510. The van der Waals surface area contributed by atoms with Gasteiger partial charge in [0.25, 0.3) is 0 Å². The van der Waals surface area contributed by atoms with Gasteiger partial charge in [-0.25, -0.2) is 0 Å². The van der Waals surface area contributed by atoms with Crippen LogP contribution in [0.3, 0.4) is 0 Å². The van der Waals surface area contributed by atoms with Crippen molar-refractivity contribution in [2.45, 2.75) is 20.3 Å². The summed E-state index contributed by atoms with van der Waals surface area (Å²) in [5.74, 6) is 0.510. The lowest BCUT2D eigenvalue weighted by atomic mass is 10.1. The SMILES string of the molecule is C=CC(C=CC)=NC=CCC(C)C=C. The van der Waals surface area contributed by atoms with Crippen LogP contribution in [0, 0.1) is 5.92 Å². The van der Waals surface area contributed by atoms with Gasteiger partial charge >= 0.3 is 0 Å². The number of allylic oxidation sites excluding steroid dienone is 5. The van der Waals surface area contributed by atoms with Crippen molar-refractivity contribution in [2.24, 2.45) is 10.9 Å². The van der Waals surface area contributed by atoms with E-state index in [1.54, 1.807) is 6.08 Å². The predicted octanol–water partition coefficient (Wildman–Crippen LogP) is 3.92. The van der Waals surface area contributed by atoms with E-state index in [-0.39, 0.29) is 0 Å². The smallest absolute Gasteiger partial charge is 0.0620 e. The van der Waals surface area contributed by atoms with E-state index in [0.717, 1.165) is 12.1 Å². The van der Waals surface area contributed by atoms with Gasteiger partial charge in [-0.15, -0.1) is 6.58 Å². The second-order valence-electron chi connectivity index (χ2n) is 3.09. The zero-order valence-corrected chi connectivity index (χ0v) is 9.11. The maximum Gasteiger partial charge on any atom is 0.0620 e. The van der Waals surface area contributed by atoms with E-state index in [1.807, 2.05) is 37.4 Å². The molecule has 0 saturated carbocycles. The summed E-state index contributed by atoms with van der Waals surface area (Å²) in [6.45, 7) is 11.5. The van der Waals surface area contributed by atoms with Crippen LogP contribution in [0.4, 0.5) is 0 Å². The quantitative estimate of drug-likeness (QED) is 0.443. The van der Waals surface area contributed by atoms with Crippen molar-refractivity contribution in [2.75, 3.05) is 0 Å². The first kappa shape index (κ1) is 12.6. The molecule has 0 N–H and O–H groups in total. The Kier molecular flexibility index (Phi) is 7.43. The highest BCUT2D eigenvalue weighted by Gasteiger charge is 1.89. The fraction of sp³-hybridized carbons (Fsp3) is 0.308. The molecule has 0 aromatic rings. The van der Waals surface area contributed by atoms with Gasteiger partial charge in [0.05, 0.1) is 5.71 Å². The van der Waals surface area contributed by atoms with E-state index < -0.39 is 0 Å². The van der Waals surface area contributed by atoms with Crippen LogP contribution in [-0.4, -0.2) is 5.71 Å². The number of rotatable bonds is 6. The number of hydrogen-bond donors (Lipinski definition) is 0. The third-order valence-corrected chi connectivity index (χ3v) is 1.79. The van der Waals surface area contributed by atoms with Crippen LogP contribution in [0.1, 0.15) is 20.3 Å². The van der Waals surface area contributed by atoms with Gasteiger partial charge in [-0.05, 0) is 31.4 Å². The molecular weight excluding hydrogens is 170 g/mol. The molecule has 14 heavy (non-hydrogen) atoms. The largest absolute Gasteiger partial charge is 0.257 e. The van der Waals surface area contributed by atoms with Gasteiger partial charge in [0.2, 0.25) is 0 Å². The molecule has 0 saturated heterocycles.